The first-order valence-electron chi connectivity index (χ1n) is 15.4. The van der Waals surface area contributed by atoms with Crippen LogP contribution in [0.5, 0.6) is 0 Å². The molecular formula is C37H42ClN3O4S. The second-order valence-corrected chi connectivity index (χ2v) is 14.3. The summed E-state index contributed by atoms with van der Waals surface area (Å²) in [6.45, 7) is 9.48. The topological polar surface area (TPSA) is 86.8 Å². The third-order valence-electron chi connectivity index (χ3n) is 7.78. The molecule has 1 atom stereocenters. The normalized spacial score (nSPS) is 12.1. The summed E-state index contributed by atoms with van der Waals surface area (Å²) < 4.78 is 29.8. The van der Waals surface area contributed by atoms with Crippen LogP contribution in [0, 0.1) is 26.7 Å². The van der Waals surface area contributed by atoms with Gasteiger partial charge in [0.15, 0.2) is 0 Å². The van der Waals surface area contributed by atoms with Gasteiger partial charge in [-0.05, 0) is 73.2 Å². The zero-order valence-corrected chi connectivity index (χ0v) is 28.6. The molecule has 0 fully saturated rings. The molecule has 0 aliphatic rings. The summed E-state index contributed by atoms with van der Waals surface area (Å²) in [5, 5.41) is 3.45. The van der Waals surface area contributed by atoms with Gasteiger partial charge in [-0.2, -0.15) is 0 Å². The van der Waals surface area contributed by atoms with Gasteiger partial charge in [0, 0.05) is 24.5 Å². The van der Waals surface area contributed by atoms with Gasteiger partial charge in [-0.15, -0.1) is 0 Å². The zero-order valence-electron chi connectivity index (χ0n) is 27.0. The SMILES string of the molecule is Cc1ccc(S(=O)(=O)N(CC(=O)N(Cc2ccccc2Cl)[C@H](Cc2ccccc2)C(=O)NCC(C)C)c2cc(C)ccc2C)cc1. The minimum absolute atomic E-state index is 0.0102. The number of aryl methyl sites for hydroxylation is 3. The van der Waals surface area contributed by atoms with E-state index in [-0.39, 0.29) is 29.7 Å². The van der Waals surface area contributed by atoms with Crippen molar-refractivity contribution in [2.45, 2.75) is 58.5 Å². The van der Waals surface area contributed by atoms with Gasteiger partial charge >= 0.3 is 0 Å². The molecule has 0 bridgehead atoms. The first-order chi connectivity index (χ1) is 21.9. The standard InChI is InChI=1S/C37H42ClN3O4S/c1-26(2)23-39-37(43)35(22-30-11-7-6-8-12-30)40(24-31-13-9-10-14-33(31)38)36(42)25-41(34-21-28(4)15-18-29(34)5)46(44,45)32-19-16-27(3)17-20-32/h6-21,26,35H,22-25H2,1-5H3,(H,39,43)/t35-/m1/s1. The Morgan fingerprint density at radius 2 is 1.46 bits per heavy atom. The molecule has 4 aromatic carbocycles. The van der Waals surface area contributed by atoms with Crippen LogP contribution in [0.4, 0.5) is 5.69 Å². The van der Waals surface area contributed by atoms with E-state index in [0.717, 1.165) is 21.0 Å². The maximum atomic E-state index is 14.6. The van der Waals surface area contributed by atoms with Crippen molar-refractivity contribution in [3.8, 4) is 0 Å². The van der Waals surface area contributed by atoms with Crippen LogP contribution in [0.15, 0.2) is 102 Å². The average molecular weight is 660 g/mol. The highest BCUT2D eigenvalue weighted by molar-refractivity contribution is 7.92. The van der Waals surface area contributed by atoms with Crippen molar-refractivity contribution in [2.24, 2.45) is 5.92 Å². The molecule has 0 heterocycles. The van der Waals surface area contributed by atoms with Gasteiger partial charge in [0.2, 0.25) is 11.8 Å². The van der Waals surface area contributed by atoms with Crippen LogP contribution >= 0.6 is 11.6 Å². The smallest absolute Gasteiger partial charge is 0.264 e. The summed E-state index contributed by atoms with van der Waals surface area (Å²) in [4.78, 5) is 30.1. The van der Waals surface area contributed by atoms with Crippen LogP contribution in [0.25, 0.3) is 0 Å². The summed E-state index contributed by atoms with van der Waals surface area (Å²) in [5.41, 5.74) is 4.36. The van der Waals surface area contributed by atoms with E-state index in [2.05, 4.69) is 5.32 Å². The molecule has 2 amide bonds. The molecule has 242 valence electrons. The number of amides is 2. The lowest BCUT2D eigenvalue weighted by Crippen LogP contribution is -2.53. The Morgan fingerprint density at radius 3 is 2.11 bits per heavy atom. The Hall–Kier alpha value is -4.14. The predicted molar refractivity (Wildman–Crippen MR) is 185 cm³/mol. The van der Waals surface area contributed by atoms with Gasteiger partial charge in [0.1, 0.15) is 12.6 Å². The first-order valence-corrected chi connectivity index (χ1v) is 17.2. The van der Waals surface area contributed by atoms with E-state index in [0.29, 0.717) is 28.4 Å². The van der Waals surface area contributed by atoms with Crippen LogP contribution in [-0.2, 0) is 32.6 Å². The summed E-state index contributed by atoms with van der Waals surface area (Å²) >= 11 is 6.58. The van der Waals surface area contributed by atoms with Gasteiger partial charge in [0.05, 0.1) is 10.6 Å². The quantitative estimate of drug-likeness (QED) is 0.170. The largest absolute Gasteiger partial charge is 0.354 e. The number of anilines is 1. The maximum absolute atomic E-state index is 14.6. The number of benzene rings is 4. The molecule has 0 aromatic heterocycles. The highest BCUT2D eigenvalue weighted by Gasteiger charge is 2.35. The van der Waals surface area contributed by atoms with E-state index < -0.39 is 28.5 Å². The molecule has 0 aliphatic heterocycles. The van der Waals surface area contributed by atoms with Gasteiger partial charge in [-0.3, -0.25) is 13.9 Å². The predicted octanol–water partition coefficient (Wildman–Crippen LogP) is 6.87. The molecule has 0 spiro atoms. The highest BCUT2D eigenvalue weighted by Crippen LogP contribution is 2.29. The summed E-state index contributed by atoms with van der Waals surface area (Å²) in [6.07, 6.45) is 0.231. The Morgan fingerprint density at radius 1 is 0.826 bits per heavy atom. The fourth-order valence-electron chi connectivity index (χ4n) is 5.13. The monoisotopic (exact) mass is 659 g/mol. The van der Waals surface area contributed by atoms with Crippen molar-refractivity contribution < 1.29 is 18.0 Å². The van der Waals surface area contributed by atoms with E-state index in [9.17, 15) is 18.0 Å². The first kappa shape index (κ1) is 34.7. The third kappa shape index (κ3) is 8.77. The lowest BCUT2D eigenvalue weighted by atomic mass is 10.0. The van der Waals surface area contributed by atoms with Crippen LogP contribution < -0.4 is 9.62 Å². The van der Waals surface area contributed by atoms with Gasteiger partial charge in [-0.25, -0.2) is 8.42 Å². The van der Waals surface area contributed by atoms with Crippen LogP contribution in [0.2, 0.25) is 5.02 Å². The minimum atomic E-state index is -4.19. The van der Waals surface area contributed by atoms with Crippen molar-refractivity contribution in [3.63, 3.8) is 0 Å². The van der Waals surface area contributed by atoms with E-state index in [1.165, 1.54) is 4.90 Å². The molecule has 0 unspecified atom stereocenters. The zero-order chi connectivity index (χ0) is 33.4. The van der Waals surface area contributed by atoms with Gasteiger partial charge in [0.25, 0.3) is 10.0 Å². The second kappa shape index (κ2) is 15.4. The number of rotatable bonds is 13. The number of hydrogen-bond acceptors (Lipinski definition) is 4. The molecule has 4 aromatic rings. The van der Waals surface area contributed by atoms with Crippen molar-refractivity contribution in [1.82, 2.24) is 10.2 Å². The van der Waals surface area contributed by atoms with Crippen molar-refractivity contribution in [2.75, 3.05) is 17.4 Å². The molecule has 46 heavy (non-hydrogen) atoms. The highest BCUT2D eigenvalue weighted by atomic mass is 35.5. The van der Waals surface area contributed by atoms with Crippen LogP contribution in [0.1, 0.15) is 41.7 Å². The number of carbonyl (C=O) groups is 2. The summed E-state index contributed by atoms with van der Waals surface area (Å²) in [6, 6.07) is 27.8. The van der Waals surface area contributed by atoms with Crippen LogP contribution in [-0.4, -0.2) is 44.3 Å². The number of hydrogen-bond donors (Lipinski definition) is 1. The molecule has 1 N–H and O–H groups in total. The number of nitrogens with zero attached hydrogens (tertiary/aromatic N) is 2. The van der Waals surface area contributed by atoms with Gasteiger partial charge in [-0.1, -0.05) is 104 Å². The molecular weight excluding hydrogens is 618 g/mol. The number of carbonyl (C=O) groups excluding carboxylic acids is 2. The van der Waals surface area contributed by atoms with Gasteiger partial charge < -0.3 is 10.2 Å². The Balaban J connectivity index is 1.84. The molecule has 9 heteroatoms. The fraction of sp³-hybridized carbons (Fsp3) is 0.297. The maximum Gasteiger partial charge on any atom is 0.264 e. The third-order valence-corrected chi connectivity index (χ3v) is 9.92. The molecule has 7 nitrogen and oxygen atoms in total. The van der Waals surface area contributed by atoms with E-state index in [4.69, 9.17) is 11.6 Å². The average Bonchev–Trinajstić information content (AvgIpc) is 3.03. The number of sulfonamides is 1. The molecule has 0 saturated heterocycles. The molecule has 0 radical (unpaired) electrons. The van der Waals surface area contributed by atoms with Crippen LogP contribution in [0.3, 0.4) is 0 Å². The summed E-state index contributed by atoms with van der Waals surface area (Å²) in [5.74, 6) is -0.664. The van der Waals surface area contributed by atoms with Crippen molar-refractivity contribution in [1.29, 1.82) is 0 Å². The molecule has 0 saturated carbocycles. The van der Waals surface area contributed by atoms with E-state index >= 15 is 0 Å². The lowest BCUT2D eigenvalue weighted by Gasteiger charge is -2.34. The van der Waals surface area contributed by atoms with E-state index in [1.54, 1.807) is 48.5 Å². The fourth-order valence-corrected chi connectivity index (χ4v) is 6.79. The summed E-state index contributed by atoms with van der Waals surface area (Å²) in [7, 11) is -4.19. The Bertz CT molecular complexity index is 1760. The Kier molecular flexibility index (Phi) is 11.7. The number of halogens is 1. The Labute approximate surface area is 278 Å². The van der Waals surface area contributed by atoms with Crippen molar-refractivity contribution >= 4 is 39.1 Å². The van der Waals surface area contributed by atoms with E-state index in [1.807, 2.05) is 83.1 Å². The second-order valence-electron chi connectivity index (χ2n) is 12.1. The molecule has 4 rings (SSSR count). The lowest BCUT2D eigenvalue weighted by molar-refractivity contribution is -0.140. The molecule has 0 aliphatic carbocycles. The number of nitrogens with one attached hydrogen (secondary N) is 1. The van der Waals surface area contributed by atoms with Crippen molar-refractivity contribution in [3.05, 3.63) is 130 Å². The minimum Gasteiger partial charge on any atom is -0.354 e.